The third-order valence-electron chi connectivity index (χ3n) is 3.86. The summed E-state index contributed by atoms with van der Waals surface area (Å²) in [5.74, 6) is -1.44. The highest BCUT2D eigenvalue weighted by molar-refractivity contribution is 8.02. The molecule has 2 rings (SSSR count). The Kier molecular flexibility index (Phi) is 6.68. The summed E-state index contributed by atoms with van der Waals surface area (Å²) in [6.45, 7) is 0.0621. The molecule has 132 valence electrons. The number of carboxylic acid groups (broad SMARTS) is 1. The van der Waals surface area contributed by atoms with Crippen LogP contribution in [0.4, 0.5) is 0 Å². The van der Waals surface area contributed by atoms with E-state index in [1.165, 1.54) is 11.8 Å². The van der Waals surface area contributed by atoms with Crippen molar-refractivity contribution < 1.29 is 23.1 Å². The van der Waals surface area contributed by atoms with E-state index in [0.717, 1.165) is 5.56 Å². The van der Waals surface area contributed by atoms with Crippen molar-refractivity contribution in [3.05, 3.63) is 35.9 Å². The minimum atomic E-state index is -2.95. The fourth-order valence-corrected chi connectivity index (χ4v) is 5.99. The van der Waals surface area contributed by atoms with Gasteiger partial charge in [0.2, 0.25) is 5.91 Å². The molecule has 0 saturated carbocycles. The topological polar surface area (TPSA) is 101 Å². The van der Waals surface area contributed by atoms with Crippen molar-refractivity contribution in [1.29, 1.82) is 0 Å². The molecule has 1 heterocycles. The summed E-state index contributed by atoms with van der Waals surface area (Å²) in [5, 5.41) is 11.9. The van der Waals surface area contributed by atoms with Gasteiger partial charge in [0.1, 0.15) is 0 Å². The molecule has 1 aliphatic rings. The Balaban J connectivity index is 1.75. The molecule has 1 fully saturated rings. The molecule has 1 aromatic rings. The van der Waals surface area contributed by atoms with E-state index in [1.54, 1.807) is 0 Å². The highest BCUT2D eigenvalue weighted by atomic mass is 32.2. The van der Waals surface area contributed by atoms with Crippen LogP contribution >= 0.6 is 11.8 Å². The Hall–Kier alpha value is -1.54. The van der Waals surface area contributed by atoms with Crippen LogP contribution in [0.2, 0.25) is 0 Å². The Labute approximate surface area is 145 Å². The maximum atomic E-state index is 11.9. The first kappa shape index (κ1) is 18.8. The number of carbonyl (C=O) groups is 2. The number of amides is 1. The Morgan fingerprint density at radius 1 is 1.29 bits per heavy atom. The van der Waals surface area contributed by atoms with Crippen LogP contribution in [-0.4, -0.2) is 54.5 Å². The average Bonchev–Trinajstić information content (AvgIpc) is 2.89. The molecule has 0 spiro atoms. The van der Waals surface area contributed by atoms with E-state index in [2.05, 4.69) is 5.32 Å². The number of benzene rings is 1. The van der Waals surface area contributed by atoms with Crippen molar-refractivity contribution in [1.82, 2.24) is 5.32 Å². The maximum absolute atomic E-state index is 11.9. The fraction of sp³-hybridized carbons (Fsp3) is 0.500. The lowest BCUT2D eigenvalue weighted by atomic mass is 9.99. The van der Waals surface area contributed by atoms with Crippen molar-refractivity contribution in [3.63, 3.8) is 0 Å². The van der Waals surface area contributed by atoms with Gasteiger partial charge in [-0.15, -0.1) is 11.8 Å². The van der Waals surface area contributed by atoms with E-state index >= 15 is 0 Å². The van der Waals surface area contributed by atoms with Crippen LogP contribution in [0.1, 0.15) is 12.0 Å². The van der Waals surface area contributed by atoms with E-state index in [4.69, 9.17) is 0 Å². The summed E-state index contributed by atoms with van der Waals surface area (Å²) in [7, 11) is -2.95. The second-order valence-electron chi connectivity index (χ2n) is 5.87. The number of hydrogen-bond acceptors (Lipinski definition) is 5. The molecule has 24 heavy (non-hydrogen) atoms. The SMILES string of the molecule is O=C(CSC1CCS(=O)(=O)C1)NCC(Cc1ccccc1)C(=O)O. The van der Waals surface area contributed by atoms with Crippen LogP contribution in [0.25, 0.3) is 0 Å². The van der Waals surface area contributed by atoms with Crippen molar-refractivity contribution in [2.75, 3.05) is 23.8 Å². The lowest BCUT2D eigenvalue weighted by Gasteiger charge is -2.14. The van der Waals surface area contributed by atoms with Gasteiger partial charge in [0.25, 0.3) is 0 Å². The molecular formula is C16H21NO5S2. The van der Waals surface area contributed by atoms with Gasteiger partial charge in [0.15, 0.2) is 9.84 Å². The van der Waals surface area contributed by atoms with Crippen LogP contribution in [0.15, 0.2) is 30.3 Å². The van der Waals surface area contributed by atoms with Gasteiger partial charge in [-0.3, -0.25) is 9.59 Å². The van der Waals surface area contributed by atoms with E-state index in [9.17, 15) is 23.1 Å². The third-order valence-corrected chi connectivity index (χ3v) is 7.14. The zero-order chi connectivity index (χ0) is 17.6. The Morgan fingerprint density at radius 3 is 2.58 bits per heavy atom. The number of carbonyl (C=O) groups excluding carboxylic acids is 1. The minimum Gasteiger partial charge on any atom is -0.481 e. The number of carboxylic acids is 1. The van der Waals surface area contributed by atoms with Gasteiger partial charge in [-0.1, -0.05) is 30.3 Å². The molecule has 2 N–H and O–H groups in total. The summed E-state index contributed by atoms with van der Waals surface area (Å²) in [5.41, 5.74) is 0.907. The highest BCUT2D eigenvalue weighted by Crippen LogP contribution is 2.23. The highest BCUT2D eigenvalue weighted by Gasteiger charge is 2.28. The molecule has 1 aliphatic heterocycles. The third kappa shape index (κ3) is 6.16. The molecule has 0 aromatic heterocycles. The first-order chi connectivity index (χ1) is 11.4. The largest absolute Gasteiger partial charge is 0.481 e. The molecule has 2 unspecified atom stereocenters. The van der Waals surface area contributed by atoms with Crippen molar-refractivity contribution in [2.45, 2.75) is 18.1 Å². The number of thioether (sulfide) groups is 1. The summed E-state index contributed by atoms with van der Waals surface area (Å²) in [4.78, 5) is 23.2. The molecule has 8 heteroatoms. The van der Waals surface area contributed by atoms with E-state index in [-0.39, 0.29) is 35.0 Å². The molecule has 2 atom stereocenters. The Morgan fingerprint density at radius 2 is 2.00 bits per heavy atom. The zero-order valence-corrected chi connectivity index (χ0v) is 14.8. The molecule has 1 saturated heterocycles. The lowest BCUT2D eigenvalue weighted by molar-refractivity contribution is -0.141. The van der Waals surface area contributed by atoms with Gasteiger partial charge in [0, 0.05) is 11.8 Å². The van der Waals surface area contributed by atoms with Crippen LogP contribution in [0.5, 0.6) is 0 Å². The predicted octanol–water partition coefficient (Wildman–Crippen LogP) is 0.966. The monoisotopic (exact) mass is 371 g/mol. The van der Waals surface area contributed by atoms with Crippen LogP contribution in [-0.2, 0) is 25.8 Å². The quantitative estimate of drug-likeness (QED) is 0.706. The fourth-order valence-electron chi connectivity index (χ4n) is 2.52. The van der Waals surface area contributed by atoms with Crippen LogP contribution in [0, 0.1) is 5.92 Å². The molecule has 1 amide bonds. The van der Waals surface area contributed by atoms with E-state index < -0.39 is 21.7 Å². The van der Waals surface area contributed by atoms with E-state index in [1.807, 2.05) is 30.3 Å². The number of hydrogen-bond donors (Lipinski definition) is 2. The smallest absolute Gasteiger partial charge is 0.308 e. The van der Waals surface area contributed by atoms with E-state index in [0.29, 0.717) is 12.8 Å². The zero-order valence-electron chi connectivity index (χ0n) is 13.2. The minimum absolute atomic E-state index is 0.0414. The van der Waals surface area contributed by atoms with Gasteiger partial charge in [0.05, 0.1) is 23.2 Å². The van der Waals surface area contributed by atoms with Crippen LogP contribution < -0.4 is 5.32 Å². The molecule has 0 bridgehead atoms. The first-order valence-electron chi connectivity index (χ1n) is 7.71. The average molecular weight is 371 g/mol. The second kappa shape index (κ2) is 8.53. The predicted molar refractivity (Wildman–Crippen MR) is 93.8 cm³/mol. The molecule has 1 aromatic carbocycles. The molecule has 6 nitrogen and oxygen atoms in total. The number of rotatable bonds is 8. The number of sulfone groups is 1. The number of aliphatic carboxylic acids is 1. The normalized spacial score (nSPS) is 20.4. The second-order valence-corrected chi connectivity index (χ2v) is 9.38. The van der Waals surface area contributed by atoms with Gasteiger partial charge in [-0.2, -0.15) is 0 Å². The first-order valence-corrected chi connectivity index (χ1v) is 10.6. The number of nitrogens with one attached hydrogen (secondary N) is 1. The molecular weight excluding hydrogens is 350 g/mol. The van der Waals surface area contributed by atoms with Gasteiger partial charge in [-0.25, -0.2) is 8.42 Å². The summed E-state index contributed by atoms with van der Waals surface area (Å²) in [6, 6.07) is 9.27. The van der Waals surface area contributed by atoms with Crippen molar-refractivity contribution in [3.8, 4) is 0 Å². The van der Waals surface area contributed by atoms with Gasteiger partial charge in [-0.05, 0) is 18.4 Å². The van der Waals surface area contributed by atoms with Gasteiger partial charge >= 0.3 is 5.97 Å². The van der Waals surface area contributed by atoms with Crippen molar-refractivity contribution in [2.24, 2.45) is 5.92 Å². The van der Waals surface area contributed by atoms with Gasteiger partial charge < -0.3 is 10.4 Å². The van der Waals surface area contributed by atoms with Crippen LogP contribution in [0.3, 0.4) is 0 Å². The molecule has 0 radical (unpaired) electrons. The standard InChI is InChI=1S/C16H21NO5S2/c18-15(10-23-14-6-7-24(21,22)11-14)17-9-13(16(19)20)8-12-4-2-1-3-5-12/h1-5,13-14H,6-11H2,(H,17,18)(H,19,20). The maximum Gasteiger partial charge on any atom is 0.308 e. The molecule has 0 aliphatic carbocycles. The summed E-state index contributed by atoms with van der Waals surface area (Å²) < 4.78 is 22.7. The lowest BCUT2D eigenvalue weighted by Crippen LogP contribution is -2.35. The summed E-state index contributed by atoms with van der Waals surface area (Å²) >= 11 is 1.32. The summed E-state index contributed by atoms with van der Waals surface area (Å²) in [6.07, 6.45) is 0.927. The Bertz CT molecular complexity index is 675. The van der Waals surface area contributed by atoms with Crippen molar-refractivity contribution >= 4 is 33.5 Å².